The van der Waals surface area contributed by atoms with Gasteiger partial charge in [0.05, 0.1) is 20.8 Å². The van der Waals surface area contributed by atoms with Crippen molar-refractivity contribution >= 4 is 5.91 Å². The lowest BCUT2D eigenvalue weighted by Crippen LogP contribution is -2.48. The number of rotatable bonds is 10. The van der Waals surface area contributed by atoms with Crippen molar-refractivity contribution in [3.63, 3.8) is 0 Å². The number of methoxy groups -OCH3 is 2. The van der Waals surface area contributed by atoms with Crippen LogP contribution >= 0.6 is 0 Å². The lowest BCUT2D eigenvalue weighted by Gasteiger charge is -2.35. The summed E-state index contributed by atoms with van der Waals surface area (Å²) in [5, 5.41) is 0. The Kier molecular flexibility index (Phi) is 8.62. The molecule has 0 N–H and O–H groups in total. The first kappa shape index (κ1) is 25.3. The molecule has 0 spiro atoms. The number of hydrogen-bond acceptors (Lipinski definition) is 7. The second-order valence-corrected chi connectivity index (χ2v) is 8.49. The molecule has 0 radical (unpaired) electrons. The van der Waals surface area contributed by atoms with E-state index in [2.05, 4.69) is 9.88 Å². The Morgan fingerprint density at radius 3 is 2.42 bits per heavy atom. The Morgan fingerprint density at radius 2 is 1.72 bits per heavy atom. The van der Waals surface area contributed by atoms with Gasteiger partial charge in [0.15, 0.2) is 11.5 Å². The van der Waals surface area contributed by atoms with Gasteiger partial charge >= 0.3 is 0 Å². The van der Waals surface area contributed by atoms with Gasteiger partial charge in [-0.2, -0.15) is 0 Å². The summed E-state index contributed by atoms with van der Waals surface area (Å²) in [4.78, 5) is 21.6. The molecule has 0 bridgehead atoms. The van der Waals surface area contributed by atoms with E-state index >= 15 is 0 Å². The molecule has 1 aliphatic rings. The number of amides is 1. The van der Waals surface area contributed by atoms with Crippen LogP contribution in [0.2, 0.25) is 0 Å². The summed E-state index contributed by atoms with van der Waals surface area (Å²) in [5.41, 5.74) is 2.62. The van der Waals surface area contributed by atoms with Crippen molar-refractivity contribution in [3.8, 4) is 23.0 Å². The summed E-state index contributed by atoms with van der Waals surface area (Å²) in [5.74, 6) is 2.81. The van der Waals surface area contributed by atoms with E-state index in [1.807, 2.05) is 42.2 Å². The van der Waals surface area contributed by atoms with Crippen LogP contribution in [0.15, 0.2) is 60.9 Å². The SMILES string of the molecule is CCOc1cc(C(=O)N2CCN(Cc3cc(OC)ccc3OC)CC2)ccc1OCc1cccnc1. The van der Waals surface area contributed by atoms with Crippen molar-refractivity contribution in [2.24, 2.45) is 0 Å². The maximum atomic E-state index is 13.3. The van der Waals surface area contributed by atoms with E-state index in [9.17, 15) is 4.79 Å². The van der Waals surface area contributed by atoms with Crippen LogP contribution in [0.25, 0.3) is 0 Å². The van der Waals surface area contributed by atoms with Gasteiger partial charge in [0, 0.05) is 61.8 Å². The number of nitrogens with zero attached hydrogens (tertiary/aromatic N) is 3. The maximum absolute atomic E-state index is 13.3. The fourth-order valence-corrected chi connectivity index (χ4v) is 4.21. The minimum atomic E-state index is -0.00614. The van der Waals surface area contributed by atoms with E-state index in [0.717, 1.165) is 42.3 Å². The summed E-state index contributed by atoms with van der Waals surface area (Å²) in [6.07, 6.45) is 3.49. The molecule has 1 fully saturated rings. The number of benzene rings is 2. The Hall–Kier alpha value is -3.78. The smallest absolute Gasteiger partial charge is 0.254 e. The van der Waals surface area contributed by atoms with E-state index in [-0.39, 0.29) is 5.91 Å². The van der Waals surface area contributed by atoms with Gasteiger partial charge in [-0.3, -0.25) is 14.7 Å². The molecule has 4 rings (SSSR count). The third-order valence-electron chi connectivity index (χ3n) is 6.15. The number of hydrogen-bond donors (Lipinski definition) is 0. The molecule has 2 heterocycles. The Balaban J connectivity index is 1.37. The predicted octanol–water partition coefficient (Wildman–Crippen LogP) is 4.03. The van der Waals surface area contributed by atoms with Crippen molar-refractivity contribution in [2.45, 2.75) is 20.1 Å². The third kappa shape index (κ3) is 6.26. The standard InChI is InChI=1S/C28H33N3O5/c1-4-35-27-17-22(7-9-26(27)36-20-21-6-5-11-29-18-21)28(32)31-14-12-30(13-15-31)19-23-16-24(33-2)8-10-25(23)34-3/h5-11,16-18H,4,12-15,19-20H2,1-3H3. The number of piperazine rings is 1. The number of ether oxygens (including phenoxy) is 4. The van der Waals surface area contributed by atoms with Crippen LogP contribution in [-0.2, 0) is 13.2 Å². The predicted molar refractivity (Wildman–Crippen MR) is 137 cm³/mol. The van der Waals surface area contributed by atoms with E-state index in [1.165, 1.54) is 0 Å². The van der Waals surface area contributed by atoms with Crippen LogP contribution in [0.1, 0.15) is 28.4 Å². The summed E-state index contributed by atoms with van der Waals surface area (Å²) in [6.45, 7) is 6.35. The molecule has 1 aromatic heterocycles. The first-order valence-corrected chi connectivity index (χ1v) is 12.1. The molecule has 3 aromatic rings. The van der Waals surface area contributed by atoms with E-state index in [1.54, 1.807) is 44.8 Å². The summed E-state index contributed by atoms with van der Waals surface area (Å²) in [6, 6.07) is 15.0. The molecule has 0 aliphatic carbocycles. The van der Waals surface area contributed by atoms with E-state index in [4.69, 9.17) is 18.9 Å². The highest BCUT2D eigenvalue weighted by molar-refractivity contribution is 5.95. The molecule has 0 unspecified atom stereocenters. The minimum absolute atomic E-state index is 0.00614. The van der Waals surface area contributed by atoms with Gasteiger partial charge in [-0.15, -0.1) is 0 Å². The molecule has 8 nitrogen and oxygen atoms in total. The zero-order valence-electron chi connectivity index (χ0n) is 21.1. The molecule has 0 atom stereocenters. The number of carbonyl (C=O) groups is 1. The summed E-state index contributed by atoms with van der Waals surface area (Å²) in [7, 11) is 3.33. The van der Waals surface area contributed by atoms with Crippen LogP contribution in [0, 0.1) is 0 Å². The highest BCUT2D eigenvalue weighted by Crippen LogP contribution is 2.30. The molecule has 1 amide bonds. The van der Waals surface area contributed by atoms with Gasteiger partial charge in [-0.1, -0.05) is 6.07 Å². The molecule has 1 aliphatic heterocycles. The average Bonchev–Trinajstić information content (AvgIpc) is 2.93. The first-order valence-electron chi connectivity index (χ1n) is 12.1. The molecular formula is C28H33N3O5. The van der Waals surface area contributed by atoms with Crippen molar-refractivity contribution < 1.29 is 23.7 Å². The number of pyridine rings is 1. The minimum Gasteiger partial charge on any atom is -0.497 e. The van der Waals surface area contributed by atoms with Gasteiger partial charge in [-0.05, 0) is 49.4 Å². The van der Waals surface area contributed by atoms with Crippen molar-refractivity contribution in [3.05, 3.63) is 77.6 Å². The quantitative estimate of drug-likeness (QED) is 0.424. The largest absolute Gasteiger partial charge is 0.497 e. The van der Waals surface area contributed by atoms with Gasteiger partial charge in [0.2, 0.25) is 0 Å². The van der Waals surface area contributed by atoms with Gasteiger partial charge < -0.3 is 23.8 Å². The van der Waals surface area contributed by atoms with Crippen molar-refractivity contribution in [1.82, 2.24) is 14.8 Å². The summed E-state index contributed by atoms with van der Waals surface area (Å²) < 4.78 is 22.6. The average molecular weight is 492 g/mol. The summed E-state index contributed by atoms with van der Waals surface area (Å²) >= 11 is 0. The van der Waals surface area contributed by atoms with Gasteiger partial charge in [0.25, 0.3) is 5.91 Å². The Labute approximate surface area is 212 Å². The van der Waals surface area contributed by atoms with Crippen molar-refractivity contribution in [2.75, 3.05) is 47.0 Å². The highest BCUT2D eigenvalue weighted by atomic mass is 16.5. The first-order chi connectivity index (χ1) is 17.6. The van der Waals surface area contributed by atoms with Crippen LogP contribution in [0.5, 0.6) is 23.0 Å². The van der Waals surface area contributed by atoms with Gasteiger partial charge in [0.1, 0.15) is 18.1 Å². The van der Waals surface area contributed by atoms with E-state index in [0.29, 0.717) is 43.4 Å². The fourth-order valence-electron chi connectivity index (χ4n) is 4.21. The van der Waals surface area contributed by atoms with Crippen LogP contribution in [-0.4, -0.2) is 67.7 Å². The van der Waals surface area contributed by atoms with Crippen LogP contribution < -0.4 is 18.9 Å². The second kappa shape index (κ2) is 12.3. The van der Waals surface area contributed by atoms with Crippen molar-refractivity contribution in [1.29, 1.82) is 0 Å². The maximum Gasteiger partial charge on any atom is 0.254 e. The molecular weight excluding hydrogens is 458 g/mol. The fraction of sp³-hybridized carbons (Fsp3) is 0.357. The Morgan fingerprint density at radius 1 is 0.917 bits per heavy atom. The number of carbonyl (C=O) groups excluding carboxylic acids is 1. The van der Waals surface area contributed by atoms with Crippen LogP contribution in [0.3, 0.4) is 0 Å². The Bertz CT molecular complexity index is 1150. The molecule has 1 saturated heterocycles. The second-order valence-electron chi connectivity index (χ2n) is 8.49. The highest BCUT2D eigenvalue weighted by Gasteiger charge is 2.24. The topological polar surface area (TPSA) is 73.4 Å². The molecule has 8 heteroatoms. The lowest BCUT2D eigenvalue weighted by atomic mass is 10.1. The van der Waals surface area contributed by atoms with Crippen LogP contribution in [0.4, 0.5) is 0 Å². The lowest BCUT2D eigenvalue weighted by molar-refractivity contribution is 0.0627. The van der Waals surface area contributed by atoms with E-state index < -0.39 is 0 Å². The molecule has 190 valence electrons. The molecule has 0 saturated carbocycles. The zero-order valence-corrected chi connectivity index (χ0v) is 21.1. The zero-order chi connectivity index (χ0) is 25.3. The normalized spacial score (nSPS) is 13.8. The monoisotopic (exact) mass is 491 g/mol. The molecule has 36 heavy (non-hydrogen) atoms. The molecule has 2 aromatic carbocycles. The van der Waals surface area contributed by atoms with Gasteiger partial charge in [-0.25, -0.2) is 0 Å². The number of aromatic nitrogens is 1. The third-order valence-corrected chi connectivity index (χ3v) is 6.15.